The highest BCUT2D eigenvalue weighted by atomic mass is 16.3. The van der Waals surface area contributed by atoms with E-state index in [1.54, 1.807) is 6.92 Å². The van der Waals surface area contributed by atoms with Crippen LogP contribution in [-0.2, 0) is 10.2 Å². The second-order valence-corrected chi connectivity index (χ2v) is 6.27. The van der Waals surface area contributed by atoms with Crippen LogP contribution in [0.3, 0.4) is 0 Å². The molecule has 4 heteroatoms. The van der Waals surface area contributed by atoms with E-state index in [1.807, 2.05) is 11.0 Å². The Morgan fingerprint density at radius 1 is 1.29 bits per heavy atom. The van der Waals surface area contributed by atoms with Crippen LogP contribution in [0.2, 0.25) is 0 Å². The van der Waals surface area contributed by atoms with Crippen LogP contribution >= 0.6 is 0 Å². The molecule has 2 atom stereocenters. The molecule has 0 radical (unpaired) electrons. The van der Waals surface area contributed by atoms with E-state index in [1.165, 1.54) is 5.56 Å². The van der Waals surface area contributed by atoms with E-state index in [-0.39, 0.29) is 24.0 Å². The summed E-state index contributed by atoms with van der Waals surface area (Å²) >= 11 is 0. The second kappa shape index (κ2) is 5.78. The minimum absolute atomic E-state index is 0.0961. The molecule has 1 N–H and O–H groups in total. The third-order valence-electron chi connectivity index (χ3n) is 5.29. The van der Waals surface area contributed by atoms with Crippen molar-refractivity contribution in [3.63, 3.8) is 0 Å². The highest BCUT2D eigenvalue weighted by molar-refractivity contribution is 5.74. The van der Waals surface area contributed by atoms with Crippen molar-refractivity contribution < 1.29 is 9.90 Å². The maximum atomic E-state index is 12.0. The van der Waals surface area contributed by atoms with E-state index in [4.69, 9.17) is 0 Å². The third kappa shape index (κ3) is 2.47. The molecule has 2 aliphatic heterocycles. The minimum Gasteiger partial charge on any atom is -0.395 e. The van der Waals surface area contributed by atoms with Crippen LogP contribution < -0.4 is 0 Å². The van der Waals surface area contributed by atoms with Crippen molar-refractivity contribution in [2.75, 3.05) is 32.8 Å². The van der Waals surface area contributed by atoms with Crippen LogP contribution in [-0.4, -0.2) is 59.6 Å². The van der Waals surface area contributed by atoms with Gasteiger partial charge in [0.1, 0.15) is 0 Å². The molecule has 2 fully saturated rings. The van der Waals surface area contributed by atoms with Gasteiger partial charge in [0, 0.05) is 32.0 Å². The third-order valence-corrected chi connectivity index (χ3v) is 5.29. The number of hydrogen-bond acceptors (Lipinski definition) is 3. The average Bonchev–Trinajstić information content (AvgIpc) is 2.89. The molecule has 0 aliphatic carbocycles. The number of carbonyl (C=O) groups is 1. The fourth-order valence-electron chi connectivity index (χ4n) is 4.17. The molecule has 2 heterocycles. The number of piperidine rings is 1. The maximum absolute atomic E-state index is 12.0. The number of nitrogens with zero attached hydrogens (tertiary/aromatic N) is 2. The molecule has 21 heavy (non-hydrogen) atoms. The van der Waals surface area contributed by atoms with E-state index < -0.39 is 0 Å². The Kier molecular flexibility index (Phi) is 4.00. The largest absolute Gasteiger partial charge is 0.395 e. The van der Waals surface area contributed by atoms with Gasteiger partial charge in [0.2, 0.25) is 5.91 Å². The van der Waals surface area contributed by atoms with Gasteiger partial charge in [-0.25, -0.2) is 0 Å². The number of rotatable bonds is 3. The second-order valence-electron chi connectivity index (χ2n) is 6.27. The van der Waals surface area contributed by atoms with Crippen molar-refractivity contribution in [1.29, 1.82) is 0 Å². The number of aliphatic hydroxyl groups is 1. The number of fused-ring (bicyclic) bond motifs is 1. The lowest BCUT2D eigenvalue weighted by molar-refractivity contribution is -0.131. The summed E-state index contributed by atoms with van der Waals surface area (Å²) in [7, 11) is 0. The summed E-state index contributed by atoms with van der Waals surface area (Å²) < 4.78 is 0. The van der Waals surface area contributed by atoms with Crippen LogP contribution in [0, 0.1) is 0 Å². The van der Waals surface area contributed by atoms with Gasteiger partial charge >= 0.3 is 0 Å². The summed E-state index contributed by atoms with van der Waals surface area (Å²) in [5, 5.41) is 9.19. The lowest BCUT2D eigenvalue weighted by atomic mass is 9.69. The zero-order valence-corrected chi connectivity index (χ0v) is 12.7. The Hall–Kier alpha value is -1.39. The van der Waals surface area contributed by atoms with Gasteiger partial charge in [-0.15, -0.1) is 0 Å². The van der Waals surface area contributed by atoms with Gasteiger partial charge in [0.05, 0.1) is 12.6 Å². The van der Waals surface area contributed by atoms with Crippen molar-refractivity contribution in [1.82, 2.24) is 9.80 Å². The molecule has 0 bridgehead atoms. The number of hydrogen-bond donors (Lipinski definition) is 1. The Morgan fingerprint density at radius 3 is 2.67 bits per heavy atom. The summed E-state index contributed by atoms with van der Waals surface area (Å²) in [6.07, 6.45) is 2.11. The molecule has 4 nitrogen and oxygen atoms in total. The lowest BCUT2D eigenvalue weighted by Gasteiger charge is -2.46. The normalized spacial score (nSPS) is 29.4. The van der Waals surface area contributed by atoms with E-state index >= 15 is 0 Å². The number of carbonyl (C=O) groups excluding carboxylic acids is 1. The SMILES string of the molecule is CC(=O)N1CC[C@]2(c3ccccc3)CCN(CCO)C[C@@H]12. The van der Waals surface area contributed by atoms with Gasteiger partial charge in [0.25, 0.3) is 0 Å². The first-order valence-electron chi connectivity index (χ1n) is 7.83. The first-order chi connectivity index (χ1) is 10.2. The molecule has 0 saturated carbocycles. The first kappa shape index (κ1) is 14.5. The first-order valence-corrected chi connectivity index (χ1v) is 7.83. The number of benzene rings is 1. The summed E-state index contributed by atoms with van der Waals surface area (Å²) in [6.45, 7) is 5.28. The van der Waals surface area contributed by atoms with Crippen molar-refractivity contribution in [2.45, 2.75) is 31.2 Å². The fraction of sp³-hybridized carbons (Fsp3) is 0.588. The number of likely N-dealkylation sites (tertiary alicyclic amines) is 2. The monoisotopic (exact) mass is 288 g/mol. The van der Waals surface area contributed by atoms with Gasteiger partial charge < -0.3 is 10.0 Å². The fourth-order valence-corrected chi connectivity index (χ4v) is 4.17. The smallest absolute Gasteiger partial charge is 0.219 e. The molecule has 1 aromatic carbocycles. The zero-order chi connectivity index (χ0) is 14.9. The van der Waals surface area contributed by atoms with E-state index in [0.717, 1.165) is 32.5 Å². The predicted molar refractivity (Wildman–Crippen MR) is 82.1 cm³/mol. The standard InChI is InChI=1S/C17H24N2O2/c1-14(21)19-10-8-17(15-5-3-2-4-6-15)7-9-18(11-12-20)13-16(17)19/h2-6,16,20H,7-13H2,1H3/t16-,17+/m1/s1. The topological polar surface area (TPSA) is 43.8 Å². The Labute approximate surface area is 126 Å². The van der Waals surface area contributed by atoms with Crippen LogP contribution in [0.25, 0.3) is 0 Å². The molecule has 0 aromatic heterocycles. The number of aliphatic hydroxyl groups excluding tert-OH is 1. The zero-order valence-electron chi connectivity index (χ0n) is 12.7. The van der Waals surface area contributed by atoms with Crippen LogP contribution in [0.1, 0.15) is 25.3 Å². The summed E-state index contributed by atoms with van der Waals surface area (Å²) in [4.78, 5) is 16.3. The Morgan fingerprint density at radius 2 is 2.00 bits per heavy atom. The molecule has 0 spiro atoms. The molecular formula is C17H24N2O2. The van der Waals surface area contributed by atoms with Crippen LogP contribution in [0.15, 0.2) is 30.3 Å². The van der Waals surface area contributed by atoms with E-state index in [0.29, 0.717) is 6.54 Å². The molecule has 114 valence electrons. The molecule has 2 aliphatic rings. The molecule has 2 saturated heterocycles. The maximum Gasteiger partial charge on any atom is 0.219 e. The predicted octanol–water partition coefficient (Wildman–Crippen LogP) is 1.24. The molecular weight excluding hydrogens is 264 g/mol. The van der Waals surface area contributed by atoms with Crippen molar-refractivity contribution in [2.24, 2.45) is 0 Å². The Balaban J connectivity index is 1.93. The van der Waals surface area contributed by atoms with Crippen molar-refractivity contribution >= 4 is 5.91 Å². The summed E-state index contributed by atoms with van der Waals surface area (Å²) in [6, 6.07) is 10.9. The Bertz CT molecular complexity index is 505. The van der Waals surface area contributed by atoms with Gasteiger partial charge in [0.15, 0.2) is 0 Å². The minimum atomic E-state index is 0.0961. The summed E-state index contributed by atoms with van der Waals surface area (Å²) in [5.41, 5.74) is 1.46. The molecule has 0 unspecified atom stereocenters. The van der Waals surface area contributed by atoms with Crippen molar-refractivity contribution in [3.05, 3.63) is 35.9 Å². The summed E-state index contributed by atoms with van der Waals surface area (Å²) in [5.74, 6) is 0.170. The number of amides is 1. The van der Waals surface area contributed by atoms with Gasteiger partial charge in [-0.3, -0.25) is 9.69 Å². The van der Waals surface area contributed by atoms with Crippen LogP contribution in [0.4, 0.5) is 0 Å². The van der Waals surface area contributed by atoms with Gasteiger partial charge in [-0.1, -0.05) is 30.3 Å². The lowest BCUT2D eigenvalue weighted by Crippen LogP contribution is -2.56. The average molecular weight is 288 g/mol. The van der Waals surface area contributed by atoms with Crippen molar-refractivity contribution in [3.8, 4) is 0 Å². The van der Waals surface area contributed by atoms with Gasteiger partial charge in [-0.2, -0.15) is 0 Å². The molecule has 1 amide bonds. The highest BCUT2D eigenvalue weighted by Gasteiger charge is 2.51. The van der Waals surface area contributed by atoms with Gasteiger partial charge in [-0.05, 0) is 24.9 Å². The highest BCUT2D eigenvalue weighted by Crippen LogP contribution is 2.45. The molecule has 3 rings (SSSR count). The molecule has 1 aromatic rings. The quantitative estimate of drug-likeness (QED) is 0.910. The van der Waals surface area contributed by atoms with Crippen LogP contribution in [0.5, 0.6) is 0 Å². The number of β-amino-alcohol motifs (C(OH)–C–C–N with tert-alkyl or cyclic N) is 1. The van der Waals surface area contributed by atoms with E-state index in [2.05, 4.69) is 29.2 Å². The van der Waals surface area contributed by atoms with E-state index in [9.17, 15) is 9.90 Å².